The minimum Gasteiger partial charge on any atom is -0.347 e. The van der Waals surface area contributed by atoms with E-state index in [2.05, 4.69) is 31.2 Å². The third kappa shape index (κ3) is 1.78. The van der Waals surface area contributed by atoms with E-state index in [9.17, 15) is 10.5 Å². The van der Waals surface area contributed by atoms with Crippen molar-refractivity contribution in [3.05, 3.63) is 12.2 Å². The molecule has 2 bridgehead atoms. The summed E-state index contributed by atoms with van der Waals surface area (Å²) in [5.41, 5.74) is -0.697. The Morgan fingerprint density at radius 3 is 2.56 bits per heavy atom. The van der Waals surface area contributed by atoms with Crippen LogP contribution in [0.2, 0.25) is 0 Å². The topological polar surface area (TPSA) is 66.0 Å². The first-order chi connectivity index (χ1) is 12.0. The number of hydrogen-bond acceptors (Lipinski definition) is 4. The summed E-state index contributed by atoms with van der Waals surface area (Å²) >= 11 is 0. The minimum absolute atomic E-state index is 0.0129. The van der Waals surface area contributed by atoms with Gasteiger partial charge in [-0.25, -0.2) is 0 Å². The van der Waals surface area contributed by atoms with Gasteiger partial charge in [0.2, 0.25) is 0 Å². The predicted octanol–water partition coefficient (Wildman–Crippen LogP) is 3.95. The Labute approximate surface area is 149 Å². The van der Waals surface area contributed by atoms with Crippen molar-refractivity contribution < 1.29 is 9.47 Å². The van der Waals surface area contributed by atoms with Crippen LogP contribution in [0.1, 0.15) is 51.9 Å². The van der Waals surface area contributed by atoms with Crippen LogP contribution in [0.3, 0.4) is 0 Å². The van der Waals surface area contributed by atoms with Crippen molar-refractivity contribution in [2.45, 2.75) is 57.7 Å². The Kier molecular flexibility index (Phi) is 3.09. The van der Waals surface area contributed by atoms with Crippen LogP contribution in [-0.2, 0) is 9.47 Å². The lowest BCUT2D eigenvalue weighted by Gasteiger charge is -2.65. The molecule has 0 aromatic heterocycles. The first-order valence-corrected chi connectivity index (χ1v) is 9.82. The molecule has 6 unspecified atom stereocenters. The van der Waals surface area contributed by atoms with Crippen molar-refractivity contribution in [2.75, 3.05) is 13.2 Å². The van der Waals surface area contributed by atoms with Crippen LogP contribution in [0, 0.1) is 56.7 Å². The summed E-state index contributed by atoms with van der Waals surface area (Å²) in [4.78, 5) is 0. The van der Waals surface area contributed by atoms with Gasteiger partial charge in [-0.05, 0) is 56.3 Å². The minimum atomic E-state index is -0.443. The number of fused-ring (bicyclic) bond motifs is 1. The number of rotatable bonds is 0. The fraction of sp³-hybridized carbons (Fsp3) is 0.810. The molecule has 4 heteroatoms. The van der Waals surface area contributed by atoms with Gasteiger partial charge in [-0.15, -0.1) is 0 Å². The van der Waals surface area contributed by atoms with Gasteiger partial charge in [-0.2, -0.15) is 10.5 Å². The molecule has 4 nitrogen and oxygen atoms in total. The van der Waals surface area contributed by atoms with E-state index in [4.69, 9.17) is 9.47 Å². The molecule has 1 aliphatic heterocycles. The van der Waals surface area contributed by atoms with Gasteiger partial charge < -0.3 is 9.47 Å². The van der Waals surface area contributed by atoms with Gasteiger partial charge in [0.15, 0.2) is 5.79 Å². The average Bonchev–Trinajstić information content (AvgIpc) is 3.09. The molecular formula is C21H26N2O2. The van der Waals surface area contributed by atoms with Crippen molar-refractivity contribution in [1.82, 2.24) is 0 Å². The van der Waals surface area contributed by atoms with Crippen LogP contribution in [-0.4, -0.2) is 19.0 Å². The molecule has 0 N–H and O–H groups in total. The lowest BCUT2D eigenvalue weighted by atomic mass is 9.38. The monoisotopic (exact) mass is 338 g/mol. The molecule has 0 amide bonds. The molecule has 6 aliphatic rings. The molecule has 0 radical (unpaired) electrons. The number of hydrogen-bond donors (Lipinski definition) is 0. The molecule has 25 heavy (non-hydrogen) atoms. The quantitative estimate of drug-likeness (QED) is 0.627. The zero-order valence-electron chi connectivity index (χ0n) is 15.0. The second-order valence-corrected chi connectivity index (χ2v) is 9.30. The molecule has 6 atom stereocenters. The van der Waals surface area contributed by atoms with Crippen molar-refractivity contribution in [3.8, 4) is 12.1 Å². The van der Waals surface area contributed by atoms with Gasteiger partial charge in [0.25, 0.3) is 0 Å². The van der Waals surface area contributed by atoms with E-state index in [0.717, 1.165) is 44.9 Å². The maximum atomic E-state index is 10.4. The summed E-state index contributed by atoms with van der Waals surface area (Å²) in [5.74, 6) is 0.349. The normalized spacial score (nSPS) is 52.2. The van der Waals surface area contributed by atoms with Gasteiger partial charge in [0.1, 0.15) is 0 Å². The van der Waals surface area contributed by atoms with E-state index in [1.807, 2.05) is 0 Å². The van der Waals surface area contributed by atoms with Crippen molar-refractivity contribution >= 4 is 0 Å². The van der Waals surface area contributed by atoms with E-state index in [1.165, 1.54) is 0 Å². The average molecular weight is 338 g/mol. The lowest BCUT2D eigenvalue weighted by molar-refractivity contribution is -0.259. The van der Waals surface area contributed by atoms with E-state index < -0.39 is 5.79 Å². The van der Waals surface area contributed by atoms with E-state index in [1.54, 1.807) is 0 Å². The molecule has 132 valence electrons. The summed E-state index contributed by atoms with van der Waals surface area (Å²) in [6, 6.07) is 5.41. The van der Waals surface area contributed by atoms with Crippen LogP contribution in [0.5, 0.6) is 0 Å². The Hall–Kier alpha value is -1.36. The zero-order chi connectivity index (χ0) is 17.3. The molecule has 2 spiro atoms. The number of nitriles is 2. The SMILES string of the molecule is CC1(C#N)CCCC2(C#N)C1CCC13C=CC(CC12)C1(C3)OCCO1. The maximum absolute atomic E-state index is 10.4. The zero-order valence-corrected chi connectivity index (χ0v) is 15.0. The highest BCUT2D eigenvalue weighted by atomic mass is 16.7. The third-order valence-corrected chi connectivity index (χ3v) is 8.42. The van der Waals surface area contributed by atoms with Crippen LogP contribution < -0.4 is 0 Å². The van der Waals surface area contributed by atoms with Gasteiger partial charge in [0.05, 0.1) is 36.2 Å². The summed E-state index contributed by atoms with van der Waals surface area (Å²) in [6.45, 7) is 3.47. The fourth-order valence-electron chi connectivity index (χ4n) is 7.36. The predicted molar refractivity (Wildman–Crippen MR) is 90.8 cm³/mol. The van der Waals surface area contributed by atoms with Crippen molar-refractivity contribution in [2.24, 2.45) is 34.0 Å². The van der Waals surface area contributed by atoms with Gasteiger partial charge >= 0.3 is 0 Å². The Bertz CT molecular complexity index is 712. The number of nitrogens with zero attached hydrogens (tertiary/aromatic N) is 2. The fourth-order valence-corrected chi connectivity index (χ4v) is 7.36. The lowest BCUT2D eigenvalue weighted by Crippen LogP contribution is -2.64. The highest BCUT2D eigenvalue weighted by Crippen LogP contribution is 2.71. The highest BCUT2D eigenvalue weighted by molar-refractivity contribution is 5.30. The molecule has 0 aromatic rings. The summed E-state index contributed by atoms with van der Waals surface area (Å²) in [6.07, 6.45) is 11.5. The Morgan fingerprint density at radius 2 is 1.84 bits per heavy atom. The first-order valence-electron chi connectivity index (χ1n) is 9.82. The largest absolute Gasteiger partial charge is 0.347 e. The van der Waals surface area contributed by atoms with Gasteiger partial charge in [0, 0.05) is 12.3 Å². The van der Waals surface area contributed by atoms with E-state index >= 15 is 0 Å². The number of allylic oxidation sites excluding steroid dienone is 1. The van der Waals surface area contributed by atoms with Crippen molar-refractivity contribution in [1.29, 1.82) is 10.5 Å². The molecule has 1 saturated heterocycles. The summed E-state index contributed by atoms with van der Waals surface area (Å²) < 4.78 is 12.2. The van der Waals surface area contributed by atoms with Crippen molar-refractivity contribution in [3.63, 3.8) is 0 Å². The van der Waals surface area contributed by atoms with Crippen LogP contribution in [0.4, 0.5) is 0 Å². The van der Waals surface area contributed by atoms with Crippen LogP contribution in [0.15, 0.2) is 12.2 Å². The van der Waals surface area contributed by atoms with Crippen LogP contribution in [0.25, 0.3) is 0 Å². The second kappa shape index (κ2) is 4.87. The Morgan fingerprint density at radius 1 is 1.04 bits per heavy atom. The standard InChI is InChI=1S/C21H26N2O2/c1-18(13-22)5-2-6-20(14-23)16(18)4-8-19-7-3-15(11-17(19)20)21(12-19)24-9-10-25-21/h3,7,15-17H,2,4-6,8-12H2,1H3. The van der Waals surface area contributed by atoms with Crippen LogP contribution >= 0.6 is 0 Å². The highest BCUT2D eigenvalue weighted by Gasteiger charge is 2.69. The van der Waals surface area contributed by atoms with E-state index in [0.29, 0.717) is 19.1 Å². The summed E-state index contributed by atoms with van der Waals surface area (Å²) in [5, 5.41) is 20.3. The molecule has 6 rings (SSSR count). The number of ether oxygens (including phenoxy) is 2. The molecule has 4 fully saturated rings. The molecule has 1 heterocycles. The maximum Gasteiger partial charge on any atom is 0.175 e. The van der Waals surface area contributed by atoms with Gasteiger partial charge in [-0.3, -0.25) is 0 Å². The molecular weight excluding hydrogens is 312 g/mol. The van der Waals surface area contributed by atoms with E-state index in [-0.39, 0.29) is 28.1 Å². The molecule has 0 aromatic carbocycles. The smallest absolute Gasteiger partial charge is 0.175 e. The molecule has 3 saturated carbocycles. The second-order valence-electron chi connectivity index (χ2n) is 9.30. The third-order valence-electron chi connectivity index (χ3n) is 8.42. The van der Waals surface area contributed by atoms with Gasteiger partial charge in [-0.1, -0.05) is 18.6 Å². The summed E-state index contributed by atoms with van der Waals surface area (Å²) in [7, 11) is 0. The first kappa shape index (κ1) is 15.9. The Balaban J connectivity index is 1.59. The molecule has 5 aliphatic carbocycles.